The van der Waals surface area contributed by atoms with Crippen LogP contribution in [0.25, 0.3) is 22.4 Å². The standard InChI is InChI=1S/C25H33N7O2/c1-25(2,3)30-21(33)15-31(4)24-17-8-7-9-18(17)28-23(29-24)19-12-16-13-27-32(20(16)14-26-19)22-10-5-6-11-34-22/h12-14,22H,5-11,15H2,1-4H3,(H,30,33). The molecule has 3 aromatic rings. The van der Waals surface area contributed by atoms with Crippen molar-refractivity contribution in [1.29, 1.82) is 0 Å². The number of ether oxygens (including phenoxy) is 1. The zero-order chi connectivity index (χ0) is 23.9. The largest absolute Gasteiger partial charge is 0.356 e. The number of rotatable bonds is 5. The first-order valence-electron chi connectivity index (χ1n) is 12.2. The monoisotopic (exact) mass is 463 g/mol. The summed E-state index contributed by atoms with van der Waals surface area (Å²) in [6.07, 6.45) is 9.76. The van der Waals surface area contributed by atoms with Gasteiger partial charge in [-0.1, -0.05) is 0 Å². The van der Waals surface area contributed by atoms with Crippen molar-refractivity contribution in [3.63, 3.8) is 0 Å². The SMILES string of the molecule is CN(CC(=O)NC(C)(C)C)c1nc(-c2cc3cnn(C4CCCCO4)c3cn2)nc2c1CCC2. The van der Waals surface area contributed by atoms with E-state index in [0.29, 0.717) is 11.5 Å². The average molecular weight is 464 g/mol. The number of carbonyl (C=O) groups excluding carboxylic acids is 1. The van der Waals surface area contributed by atoms with E-state index in [1.807, 2.05) is 55.9 Å². The van der Waals surface area contributed by atoms with Gasteiger partial charge in [0.25, 0.3) is 0 Å². The Morgan fingerprint density at radius 1 is 1.21 bits per heavy atom. The molecule has 1 aliphatic carbocycles. The van der Waals surface area contributed by atoms with E-state index in [9.17, 15) is 4.79 Å². The van der Waals surface area contributed by atoms with Crippen LogP contribution in [0.2, 0.25) is 0 Å². The Bertz CT molecular complexity index is 1210. The molecule has 0 aromatic carbocycles. The lowest BCUT2D eigenvalue weighted by atomic mass is 10.1. The minimum atomic E-state index is -0.275. The Morgan fingerprint density at radius 3 is 2.82 bits per heavy atom. The molecule has 2 aliphatic rings. The van der Waals surface area contributed by atoms with Crippen LogP contribution in [0.3, 0.4) is 0 Å². The van der Waals surface area contributed by atoms with E-state index < -0.39 is 0 Å². The van der Waals surface area contributed by atoms with Crippen LogP contribution in [0.1, 0.15) is 63.9 Å². The molecule has 0 bridgehead atoms. The number of pyridine rings is 1. The molecule has 1 amide bonds. The number of carbonyl (C=O) groups is 1. The van der Waals surface area contributed by atoms with E-state index >= 15 is 0 Å². The number of aromatic nitrogens is 5. The third-order valence-corrected chi connectivity index (χ3v) is 6.31. The molecule has 9 heteroatoms. The number of hydrogen-bond acceptors (Lipinski definition) is 7. The number of aryl methyl sites for hydroxylation is 1. The highest BCUT2D eigenvalue weighted by Gasteiger charge is 2.25. The van der Waals surface area contributed by atoms with E-state index in [2.05, 4.69) is 10.4 Å². The molecule has 0 radical (unpaired) electrons. The number of hydrogen-bond donors (Lipinski definition) is 1. The second-order valence-corrected chi connectivity index (χ2v) is 10.3. The van der Waals surface area contributed by atoms with Gasteiger partial charge in [0.05, 0.1) is 24.5 Å². The van der Waals surface area contributed by atoms with Crippen molar-refractivity contribution in [1.82, 2.24) is 30.0 Å². The molecule has 4 heterocycles. The fourth-order valence-electron chi connectivity index (χ4n) is 4.80. The van der Waals surface area contributed by atoms with E-state index in [4.69, 9.17) is 19.7 Å². The van der Waals surface area contributed by atoms with Crippen LogP contribution < -0.4 is 10.2 Å². The first-order chi connectivity index (χ1) is 16.3. The lowest BCUT2D eigenvalue weighted by molar-refractivity contribution is -0.121. The predicted molar refractivity (Wildman–Crippen MR) is 131 cm³/mol. The molecule has 1 atom stereocenters. The lowest BCUT2D eigenvalue weighted by Crippen LogP contribution is -2.45. The third-order valence-electron chi connectivity index (χ3n) is 6.31. The predicted octanol–water partition coefficient (Wildman–Crippen LogP) is 3.43. The van der Waals surface area contributed by atoms with Gasteiger partial charge >= 0.3 is 0 Å². The summed E-state index contributed by atoms with van der Waals surface area (Å²) in [6, 6.07) is 1.99. The second kappa shape index (κ2) is 8.94. The van der Waals surface area contributed by atoms with Crippen molar-refractivity contribution in [2.24, 2.45) is 0 Å². The molecule has 1 N–H and O–H groups in total. The quantitative estimate of drug-likeness (QED) is 0.619. The molecule has 3 aromatic heterocycles. The van der Waals surface area contributed by atoms with Crippen LogP contribution in [0.4, 0.5) is 5.82 Å². The molecule has 180 valence electrons. The summed E-state index contributed by atoms with van der Waals surface area (Å²) in [5.74, 6) is 1.37. The van der Waals surface area contributed by atoms with Gasteiger partial charge in [0.15, 0.2) is 12.1 Å². The molecule has 9 nitrogen and oxygen atoms in total. The number of likely N-dealkylation sites (N-methyl/N-ethyl adjacent to an activating group) is 1. The Labute approximate surface area is 199 Å². The summed E-state index contributed by atoms with van der Waals surface area (Å²) < 4.78 is 7.84. The average Bonchev–Trinajstić information content (AvgIpc) is 3.44. The zero-order valence-electron chi connectivity index (χ0n) is 20.5. The van der Waals surface area contributed by atoms with Gasteiger partial charge in [-0.05, 0) is 65.4 Å². The lowest BCUT2D eigenvalue weighted by Gasteiger charge is -2.25. The van der Waals surface area contributed by atoms with Crippen molar-refractivity contribution in [2.45, 2.75) is 71.1 Å². The normalized spacial score (nSPS) is 18.2. The van der Waals surface area contributed by atoms with Crippen molar-refractivity contribution in [3.05, 3.63) is 29.7 Å². The summed E-state index contributed by atoms with van der Waals surface area (Å²) >= 11 is 0. The van der Waals surface area contributed by atoms with Crippen molar-refractivity contribution in [3.8, 4) is 11.5 Å². The Balaban J connectivity index is 1.45. The first-order valence-corrected chi connectivity index (χ1v) is 12.2. The smallest absolute Gasteiger partial charge is 0.239 e. The van der Waals surface area contributed by atoms with Gasteiger partial charge in [0, 0.05) is 35.8 Å². The molecular weight excluding hydrogens is 430 g/mol. The van der Waals surface area contributed by atoms with Crippen LogP contribution in [-0.4, -0.2) is 56.4 Å². The number of fused-ring (bicyclic) bond motifs is 2. The van der Waals surface area contributed by atoms with Gasteiger partial charge in [-0.3, -0.25) is 9.78 Å². The Morgan fingerprint density at radius 2 is 2.06 bits per heavy atom. The molecule has 0 saturated carbocycles. The maximum absolute atomic E-state index is 12.5. The number of nitrogens with one attached hydrogen (secondary N) is 1. The fourth-order valence-corrected chi connectivity index (χ4v) is 4.80. The zero-order valence-corrected chi connectivity index (χ0v) is 20.5. The van der Waals surface area contributed by atoms with E-state index in [0.717, 1.165) is 73.1 Å². The minimum Gasteiger partial charge on any atom is -0.356 e. The highest BCUT2D eigenvalue weighted by molar-refractivity contribution is 5.83. The maximum Gasteiger partial charge on any atom is 0.239 e. The molecule has 0 spiro atoms. The topological polar surface area (TPSA) is 98.1 Å². The van der Waals surface area contributed by atoms with Crippen LogP contribution >= 0.6 is 0 Å². The molecule has 5 rings (SSSR count). The van der Waals surface area contributed by atoms with Crippen LogP contribution in [-0.2, 0) is 22.4 Å². The van der Waals surface area contributed by atoms with Crippen LogP contribution in [0.5, 0.6) is 0 Å². The first kappa shape index (κ1) is 22.7. The fraction of sp³-hybridized carbons (Fsp3) is 0.560. The van der Waals surface area contributed by atoms with Gasteiger partial charge in [0.1, 0.15) is 11.5 Å². The van der Waals surface area contributed by atoms with E-state index in [-0.39, 0.29) is 24.2 Å². The molecule has 1 saturated heterocycles. The second-order valence-electron chi connectivity index (χ2n) is 10.3. The Hall–Kier alpha value is -3.07. The van der Waals surface area contributed by atoms with Crippen molar-refractivity contribution in [2.75, 3.05) is 25.1 Å². The van der Waals surface area contributed by atoms with Gasteiger partial charge in [-0.25, -0.2) is 14.6 Å². The van der Waals surface area contributed by atoms with Crippen molar-refractivity contribution >= 4 is 22.6 Å². The summed E-state index contributed by atoms with van der Waals surface area (Å²) in [5.41, 5.74) is 3.57. The van der Waals surface area contributed by atoms with Gasteiger partial charge in [-0.15, -0.1) is 0 Å². The molecule has 1 aliphatic heterocycles. The summed E-state index contributed by atoms with van der Waals surface area (Å²) in [5, 5.41) is 8.59. The number of nitrogens with zero attached hydrogens (tertiary/aromatic N) is 6. The molecular formula is C25H33N7O2. The third kappa shape index (κ3) is 4.61. The minimum absolute atomic E-state index is 0.0289. The van der Waals surface area contributed by atoms with Gasteiger partial charge in [0.2, 0.25) is 5.91 Å². The van der Waals surface area contributed by atoms with E-state index in [1.165, 1.54) is 0 Å². The van der Waals surface area contributed by atoms with Gasteiger partial charge in [-0.2, -0.15) is 5.10 Å². The maximum atomic E-state index is 12.5. The van der Waals surface area contributed by atoms with Crippen LogP contribution in [0.15, 0.2) is 18.5 Å². The highest BCUT2D eigenvalue weighted by Crippen LogP contribution is 2.32. The summed E-state index contributed by atoms with van der Waals surface area (Å²) in [4.78, 5) is 28.9. The molecule has 1 unspecified atom stereocenters. The Kier molecular flexibility index (Phi) is 5.97. The van der Waals surface area contributed by atoms with Crippen molar-refractivity contribution < 1.29 is 9.53 Å². The van der Waals surface area contributed by atoms with Crippen LogP contribution in [0, 0.1) is 0 Å². The van der Waals surface area contributed by atoms with Gasteiger partial charge < -0.3 is 15.0 Å². The molecule has 1 fully saturated rings. The van der Waals surface area contributed by atoms with E-state index in [1.54, 1.807) is 0 Å². The highest BCUT2D eigenvalue weighted by atomic mass is 16.5. The number of anilines is 1. The summed E-state index contributed by atoms with van der Waals surface area (Å²) in [6.45, 7) is 6.95. The number of amides is 1. The molecule has 34 heavy (non-hydrogen) atoms. The summed E-state index contributed by atoms with van der Waals surface area (Å²) in [7, 11) is 1.91.